The molecule has 4 heteroatoms. The quantitative estimate of drug-likeness (QED) is 0.694. The molecular weight excluding hydrogens is 218 g/mol. The predicted octanol–water partition coefficient (Wildman–Crippen LogP) is 2.87. The summed E-state index contributed by atoms with van der Waals surface area (Å²) in [6.07, 6.45) is -0.438. The minimum absolute atomic E-state index is 0.412. The van der Waals surface area contributed by atoms with Gasteiger partial charge in [-0.2, -0.15) is 5.06 Å². The van der Waals surface area contributed by atoms with E-state index in [1.165, 1.54) is 5.06 Å². The topological polar surface area (TPSA) is 38.8 Å². The summed E-state index contributed by atoms with van der Waals surface area (Å²) in [5.41, 5.74) is 1.72. The third-order valence-electron chi connectivity index (χ3n) is 2.41. The monoisotopic (exact) mass is 235 g/mol. The second-order valence-electron chi connectivity index (χ2n) is 5.06. The molecule has 0 aromatic heterocycles. The first-order chi connectivity index (χ1) is 7.96. The lowest BCUT2D eigenvalue weighted by atomic mass is 10.1. The van der Waals surface area contributed by atoms with Crippen LogP contribution in [0.2, 0.25) is 0 Å². The van der Waals surface area contributed by atoms with E-state index in [2.05, 4.69) is 0 Å². The minimum Gasteiger partial charge on any atom is -0.442 e. The summed E-state index contributed by atoms with van der Waals surface area (Å²) in [5.74, 6) is 0. The number of fused-ring (bicyclic) bond motifs is 1. The molecule has 0 spiro atoms. The number of carbonyl (C=O) groups is 1. The van der Waals surface area contributed by atoms with Crippen LogP contribution in [0.25, 0.3) is 0 Å². The van der Waals surface area contributed by atoms with Gasteiger partial charge in [0.05, 0.1) is 6.54 Å². The second-order valence-corrected chi connectivity index (χ2v) is 5.06. The van der Waals surface area contributed by atoms with Gasteiger partial charge in [0.25, 0.3) is 0 Å². The van der Waals surface area contributed by atoms with Crippen LogP contribution in [0, 0.1) is 0 Å². The summed E-state index contributed by atoms with van der Waals surface area (Å²) in [5, 5.41) is 1.27. The fourth-order valence-electron chi connectivity index (χ4n) is 1.63. The van der Waals surface area contributed by atoms with Gasteiger partial charge in [0.15, 0.2) is 0 Å². The molecule has 1 heterocycles. The zero-order valence-electron chi connectivity index (χ0n) is 10.4. The molecule has 1 aliphatic rings. The van der Waals surface area contributed by atoms with Gasteiger partial charge < -0.3 is 4.74 Å². The van der Waals surface area contributed by atoms with Gasteiger partial charge in [-0.1, -0.05) is 24.3 Å². The SMILES string of the molecule is CC(C)(C)OC(=O)N1Cc2ccccc2CO1. The van der Waals surface area contributed by atoms with Crippen molar-refractivity contribution in [2.45, 2.75) is 39.5 Å². The van der Waals surface area contributed by atoms with Gasteiger partial charge in [0.2, 0.25) is 0 Å². The van der Waals surface area contributed by atoms with Crippen molar-refractivity contribution in [3.05, 3.63) is 35.4 Å². The van der Waals surface area contributed by atoms with Crippen LogP contribution in [-0.2, 0) is 22.7 Å². The van der Waals surface area contributed by atoms with E-state index in [1.807, 2.05) is 45.0 Å². The van der Waals surface area contributed by atoms with Crippen LogP contribution < -0.4 is 0 Å². The number of ether oxygens (including phenoxy) is 1. The average molecular weight is 235 g/mol. The van der Waals surface area contributed by atoms with E-state index in [9.17, 15) is 4.79 Å². The van der Waals surface area contributed by atoms with Crippen LogP contribution in [-0.4, -0.2) is 16.8 Å². The predicted molar refractivity (Wildman–Crippen MR) is 63.0 cm³/mol. The van der Waals surface area contributed by atoms with Gasteiger partial charge >= 0.3 is 6.09 Å². The molecule has 0 unspecified atom stereocenters. The first-order valence-corrected chi connectivity index (χ1v) is 5.66. The molecule has 92 valence electrons. The molecule has 17 heavy (non-hydrogen) atoms. The molecule has 0 saturated carbocycles. The number of nitrogens with zero attached hydrogens (tertiary/aromatic N) is 1. The Morgan fingerprint density at radius 3 is 2.59 bits per heavy atom. The molecule has 0 N–H and O–H groups in total. The van der Waals surface area contributed by atoms with Crippen LogP contribution >= 0.6 is 0 Å². The Balaban J connectivity index is 2.05. The van der Waals surface area contributed by atoms with Crippen LogP contribution in [0.1, 0.15) is 31.9 Å². The summed E-state index contributed by atoms with van der Waals surface area (Å²) >= 11 is 0. The lowest BCUT2D eigenvalue weighted by molar-refractivity contribution is -0.170. The van der Waals surface area contributed by atoms with E-state index in [-0.39, 0.29) is 0 Å². The van der Waals surface area contributed by atoms with Crippen molar-refractivity contribution >= 4 is 6.09 Å². The summed E-state index contributed by atoms with van der Waals surface area (Å²) < 4.78 is 5.25. The molecule has 0 atom stereocenters. The maximum Gasteiger partial charge on any atom is 0.434 e. The minimum atomic E-state index is -0.503. The number of carbonyl (C=O) groups excluding carboxylic acids is 1. The zero-order valence-corrected chi connectivity index (χ0v) is 10.4. The van der Waals surface area contributed by atoms with Gasteiger partial charge in [0.1, 0.15) is 12.2 Å². The number of benzene rings is 1. The third kappa shape index (κ3) is 2.97. The number of amides is 1. The first-order valence-electron chi connectivity index (χ1n) is 5.66. The summed E-state index contributed by atoms with van der Waals surface area (Å²) in [7, 11) is 0. The Hall–Kier alpha value is -1.55. The summed E-state index contributed by atoms with van der Waals surface area (Å²) in [6, 6.07) is 7.92. The fourth-order valence-corrected chi connectivity index (χ4v) is 1.63. The third-order valence-corrected chi connectivity index (χ3v) is 2.41. The Morgan fingerprint density at radius 2 is 1.94 bits per heavy atom. The highest BCUT2D eigenvalue weighted by molar-refractivity contribution is 5.67. The second kappa shape index (κ2) is 4.37. The van der Waals surface area contributed by atoms with E-state index in [0.717, 1.165) is 11.1 Å². The van der Waals surface area contributed by atoms with Crippen molar-refractivity contribution in [1.29, 1.82) is 0 Å². The molecule has 0 saturated heterocycles. The Kier molecular flexibility index (Phi) is 3.07. The lowest BCUT2D eigenvalue weighted by Crippen LogP contribution is -2.38. The molecule has 1 aliphatic heterocycles. The maximum atomic E-state index is 11.8. The highest BCUT2D eigenvalue weighted by atomic mass is 16.7. The Morgan fingerprint density at radius 1 is 1.29 bits per heavy atom. The molecule has 0 radical (unpaired) electrons. The van der Waals surface area contributed by atoms with Crippen molar-refractivity contribution < 1.29 is 14.4 Å². The molecule has 4 nitrogen and oxygen atoms in total. The summed E-state index contributed by atoms with van der Waals surface area (Å²) in [6.45, 7) is 6.36. The van der Waals surface area contributed by atoms with Crippen molar-refractivity contribution in [2.24, 2.45) is 0 Å². The zero-order chi connectivity index (χ0) is 12.5. The van der Waals surface area contributed by atoms with Crippen molar-refractivity contribution in [1.82, 2.24) is 5.06 Å². The molecule has 0 aliphatic carbocycles. The van der Waals surface area contributed by atoms with Gasteiger partial charge in [-0.05, 0) is 31.9 Å². The number of hydrogen-bond donors (Lipinski definition) is 0. The van der Waals surface area contributed by atoms with E-state index in [1.54, 1.807) is 0 Å². The maximum absolute atomic E-state index is 11.8. The fraction of sp³-hybridized carbons (Fsp3) is 0.462. The van der Waals surface area contributed by atoms with Crippen molar-refractivity contribution in [2.75, 3.05) is 0 Å². The number of hydrogen-bond acceptors (Lipinski definition) is 3. The highest BCUT2D eigenvalue weighted by Gasteiger charge is 2.26. The molecule has 1 amide bonds. The van der Waals surface area contributed by atoms with Crippen molar-refractivity contribution in [3.63, 3.8) is 0 Å². The average Bonchev–Trinajstić information content (AvgIpc) is 2.26. The van der Waals surface area contributed by atoms with Crippen molar-refractivity contribution in [3.8, 4) is 0 Å². The molecular formula is C13H17NO3. The van der Waals surface area contributed by atoms with Crippen LogP contribution in [0.4, 0.5) is 4.79 Å². The number of hydroxylamine groups is 2. The Labute approximate surface area is 101 Å². The largest absolute Gasteiger partial charge is 0.442 e. The molecule has 2 rings (SSSR count). The van der Waals surface area contributed by atoms with E-state index in [0.29, 0.717) is 13.2 Å². The molecule has 1 aromatic carbocycles. The van der Waals surface area contributed by atoms with Gasteiger partial charge in [0, 0.05) is 0 Å². The number of rotatable bonds is 0. The molecule has 0 fully saturated rings. The van der Waals surface area contributed by atoms with Crippen LogP contribution in [0.5, 0.6) is 0 Å². The van der Waals surface area contributed by atoms with E-state index < -0.39 is 11.7 Å². The first kappa shape index (κ1) is 11.9. The van der Waals surface area contributed by atoms with E-state index >= 15 is 0 Å². The van der Waals surface area contributed by atoms with Crippen LogP contribution in [0.15, 0.2) is 24.3 Å². The van der Waals surface area contributed by atoms with E-state index in [4.69, 9.17) is 9.57 Å². The van der Waals surface area contributed by atoms with Gasteiger partial charge in [-0.25, -0.2) is 4.79 Å². The summed E-state index contributed by atoms with van der Waals surface area (Å²) in [4.78, 5) is 17.2. The molecule has 0 bridgehead atoms. The van der Waals surface area contributed by atoms with Crippen LogP contribution in [0.3, 0.4) is 0 Å². The molecule has 1 aromatic rings. The highest BCUT2D eigenvalue weighted by Crippen LogP contribution is 2.21. The Bertz CT molecular complexity index is 423. The smallest absolute Gasteiger partial charge is 0.434 e. The van der Waals surface area contributed by atoms with Gasteiger partial charge in [-0.3, -0.25) is 4.84 Å². The standard InChI is InChI=1S/C13H17NO3/c1-13(2,3)17-12(15)14-8-10-6-4-5-7-11(10)9-16-14/h4-7H,8-9H2,1-3H3. The van der Waals surface area contributed by atoms with Gasteiger partial charge in [-0.15, -0.1) is 0 Å². The normalized spacial score (nSPS) is 15.4. The lowest BCUT2D eigenvalue weighted by Gasteiger charge is -2.30.